The van der Waals surface area contributed by atoms with Gasteiger partial charge in [-0.2, -0.15) is 0 Å². The van der Waals surface area contributed by atoms with E-state index in [1.807, 2.05) is 37.3 Å². The Morgan fingerprint density at radius 1 is 0.931 bits per heavy atom. The third kappa shape index (κ3) is 3.54. The lowest BCUT2D eigenvalue weighted by molar-refractivity contribution is -0.115. The minimum atomic E-state index is -0.235. The highest BCUT2D eigenvalue weighted by Crippen LogP contribution is 2.45. The molecular formula is C27H25NO. The first kappa shape index (κ1) is 18.9. The number of anilines is 1. The number of aryl methyl sites for hydroxylation is 1. The van der Waals surface area contributed by atoms with Crippen molar-refractivity contribution in [1.82, 2.24) is 0 Å². The van der Waals surface area contributed by atoms with Gasteiger partial charge in [0.1, 0.15) is 0 Å². The second kappa shape index (κ2) is 7.92. The Bertz CT molecular complexity index is 1080. The molecule has 4 rings (SSSR count). The van der Waals surface area contributed by atoms with Gasteiger partial charge >= 0.3 is 0 Å². The lowest BCUT2D eigenvalue weighted by atomic mass is 9.85. The van der Waals surface area contributed by atoms with Crippen molar-refractivity contribution in [2.45, 2.75) is 26.3 Å². The maximum Gasteiger partial charge on any atom is 0.160 e. The van der Waals surface area contributed by atoms with Crippen molar-refractivity contribution in [3.8, 4) is 0 Å². The molecule has 0 saturated heterocycles. The summed E-state index contributed by atoms with van der Waals surface area (Å²) in [6, 6.07) is 26.9. The summed E-state index contributed by atoms with van der Waals surface area (Å²) in [6.45, 7) is 8.23. The number of Topliss-reactive ketones (excluding diaryl/α,β-unsaturated/α-hetero) is 1. The average Bonchev–Trinajstić information content (AvgIpc) is 2.78. The topological polar surface area (TPSA) is 20.3 Å². The minimum absolute atomic E-state index is 0.0937. The first-order chi connectivity index (χ1) is 14.1. The molecule has 0 bridgehead atoms. The number of ketones is 1. The minimum Gasteiger partial charge on any atom is -0.329 e. The number of nitrogens with zero attached hydrogens (tertiary/aromatic N) is 1. The van der Waals surface area contributed by atoms with Crippen LogP contribution in [0.25, 0.3) is 11.8 Å². The molecule has 0 saturated carbocycles. The van der Waals surface area contributed by atoms with Crippen LogP contribution in [0.1, 0.15) is 41.6 Å². The molecule has 29 heavy (non-hydrogen) atoms. The second-order valence-electron chi connectivity index (χ2n) is 7.43. The van der Waals surface area contributed by atoms with Gasteiger partial charge in [-0.25, -0.2) is 0 Å². The fraction of sp³-hybridized carbons (Fsp3) is 0.148. The van der Waals surface area contributed by atoms with Crippen LogP contribution in [-0.2, 0) is 4.79 Å². The third-order valence-corrected chi connectivity index (χ3v) is 5.49. The number of carbonyl (C=O) groups excluding carboxylic acids is 1. The largest absolute Gasteiger partial charge is 0.329 e. The van der Waals surface area contributed by atoms with Crippen molar-refractivity contribution < 1.29 is 4.79 Å². The van der Waals surface area contributed by atoms with Crippen molar-refractivity contribution in [3.63, 3.8) is 0 Å². The number of hydrogen-bond donors (Lipinski definition) is 0. The molecular weight excluding hydrogens is 354 g/mol. The summed E-state index contributed by atoms with van der Waals surface area (Å²) in [4.78, 5) is 15.0. The van der Waals surface area contributed by atoms with Gasteiger partial charge in [0.15, 0.2) is 5.78 Å². The van der Waals surface area contributed by atoms with Gasteiger partial charge in [0.2, 0.25) is 0 Å². The van der Waals surface area contributed by atoms with E-state index in [1.54, 1.807) is 0 Å². The van der Waals surface area contributed by atoms with Crippen LogP contribution in [0.5, 0.6) is 0 Å². The quantitative estimate of drug-likeness (QED) is 0.466. The Hall–Kier alpha value is -3.39. The Kier molecular flexibility index (Phi) is 5.18. The predicted molar refractivity (Wildman–Crippen MR) is 122 cm³/mol. The maximum atomic E-state index is 12.7. The summed E-state index contributed by atoms with van der Waals surface area (Å²) in [6.07, 6.45) is 2.66. The highest BCUT2D eigenvalue weighted by Gasteiger charge is 2.34. The molecule has 0 N–H and O–H groups in total. The van der Waals surface area contributed by atoms with Crippen LogP contribution in [0.3, 0.4) is 0 Å². The van der Waals surface area contributed by atoms with E-state index in [1.165, 1.54) is 5.56 Å². The molecule has 1 aliphatic heterocycles. The molecule has 0 fully saturated rings. The van der Waals surface area contributed by atoms with Gasteiger partial charge in [0, 0.05) is 23.4 Å². The molecule has 0 amide bonds. The smallest absolute Gasteiger partial charge is 0.160 e. The zero-order chi connectivity index (χ0) is 20.4. The van der Waals surface area contributed by atoms with Gasteiger partial charge in [-0.3, -0.25) is 4.79 Å². The van der Waals surface area contributed by atoms with Gasteiger partial charge in [-0.15, -0.1) is 0 Å². The van der Waals surface area contributed by atoms with Crippen molar-refractivity contribution in [2.24, 2.45) is 0 Å². The van der Waals surface area contributed by atoms with Crippen LogP contribution in [0, 0.1) is 6.92 Å². The van der Waals surface area contributed by atoms with E-state index in [-0.39, 0.29) is 11.8 Å². The predicted octanol–water partition coefficient (Wildman–Crippen LogP) is 6.59. The van der Waals surface area contributed by atoms with Gasteiger partial charge in [-0.1, -0.05) is 85.8 Å². The summed E-state index contributed by atoms with van der Waals surface area (Å²) in [5.41, 5.74) is 7.31. The first-order valence-corrected chi connectivity index (χ1v) is 10.0. The molecule has 0 spiro atoms. The van der Waals surface area contributed by atoms with Crippen LogP contribution in [0.15, 0.2) is 91.0 Å². The van der Waals surface area contributed by atoms with E-state index in [2.05, 4.69) is 73.0 Å². The van der Waals surface area contributed by atoms with Gasteiger partial charge < -0.3 is 4.90 Å². The Morgan fingerprint density at radius 3 is 2.28 bits per heavy atom. The van der Waals surface area contributed by atoms with Crippen LogP contribution >= 0.6 is 0 Å². The van der Waals surface area contributed by atoms with Crippen LogP contribution in [0.4, 0.5) is 5.69 Å². The van der Waals surface area contributed by atoms with Gasteiger partial charge in [0.05, 0.1) is 6.04 Å². The van der Waals surface area contributed by atoms with Crippen molar-refractivity contribution in [1.29, 1.82) is 0 Å². The summed E-state index contributed by atoms with van der Waals surface area (Å²) in [5.74, 6) is 0.0937. The van der Waals surface area contributed by atoms with Crippen molar-refractivity contribution >= 4 is 23.2 Å². The second-order valence-corrected chi connectivity index (χ2v) is 7.43. The lowest BCUT2D eigenvalue weighted by Crippen LogP contribution is -2.33. The Balaban J connectivity index is 1.98. The van der Waals surface area contributed by atoms with E-state index in [0.717, 1.165) is 28.1 Å². The zero-order valence-corrected chi connectivity index (χ0v) is 16.9. The molecule has 1 heterocycles. The number of fused-ring (bicyclic) bond motifs is 1. The molecule has 0 aromatic heterocycles. The van der Waals surface area contributed by atoms with E-state index in [4.69, 9.17) is 0 Å². The standard InChI is InChI=1S/C27H25NO/c1-4-26(29)20(3)27-24-13-9-8-12-22(24)18-25(21-10-6-5-7-11-21)28(27)23-16-14-19(2)15-17-23/h5-18,27H,3-4H2,1-2H3. The number of hydrogen-bond acceptors (Lipinski definition) is 2. The third-order valence-electron chi connectivity index (χ3n) is 5.49. The van der Waals surface area contributed by atoms with Gasteiger partial charge in [-0.05, 0) is 41.8 Å². The first-order valence-electron chi connectivity index (χ1n) is 10.0. The highest BCUT2D eigenvalue weighted by molar-refractivity contribution is 6.01. The van der Waals surface area contributed by atoms with Crippen LogP contribution < -0.4 is 4.90 Å². The molecule has 3 aromatic carbocycles. The van der Waals surface area contributed by atoms with E-state index in [0.29, 0.717) is 12.0 Å². The summed E-state index contributed by atoms with van der Waals surface area (Å²) >= 11 is 0. The monoisotopic (exact) mass is 379 g/mol. The summed E-state index contributed by atoms with van der Waals surface area (Å²) in [5, 5.41) is 0. The Morgan fingerprint density at radius 2 is 1.59 bits per heavy atom. The lowest BCUT2D eigenvalue weighted by Gasteiger charge is -2.40. The maximum absolute atomic E-state index is 12.7. The summed E-state index contributed by atoms with van der Waals surface area (Å²) < 4.78 is 0. The molecule has 2 heteroatoms. The summed E-state index contributed by atoms with van der Waals surface area (Å²) in [7, 11) is 0. The molecule has 3 aromatic rings. The SMILES string of the molecule is C=C(C(=O)CC)C1c2ccccc2C=C(c2ccccc2)N1c1ccc(C)cc1. The zero-order valence-electron chi connectivity index (χ0n) is 16.9. The van der Waals surface area contributed by atoms with Gasteiger partial charge in [0.25, 0.3) is 0 Å². The number of carbonyl (C=O) groups is 1. The van der Waals surface area contributed by atoms with E-state index >= 15 is 0 Å². The molecule has 1 atom stereocenters. The number of rotatable bonds is 5. The average molecular weight is 380 g/mol. The fourth-order valence-corrected chi connectivity index (χ4v) is 3.93. The van der Waals surface area contributed by atoms with Crippen molar-refractivity contribution in [2.75, 3.05) is 4.90 Å². The van der Waals surface area contributed by atoms with Crippen LogP contribution in [0.2, 0.25) is 0 Å². The highest BCUT2D eigenvalue weighted by atomic mass is 16.1. The van der Waals surface area contributed by atoms with E-state index in [9.17, 15) is 4.79 Å². The number of benzene rings is 3. The van der Waals surface area contributed by atoms with Crippen molar-refractivity contribution in [3.05, 3.63) is 113 Å². The fourth-order valence-electron chi connectivity index (χ4n) is 3.93. The van der Waals surface area contributed by atoms with Crippen LogP contribution in [-0.4, -0.2) is 5.78 Å². The molecule has 1 unspecified atom stereocenters. The molecule has 0 aliphatic carbocycles. The van der Waals surface area contributed by atoms with E-state index < -0.39 is 0 Å². The molecule has 1 aliphatic rings. The molecule has 144 valence electrons. The normalized spacial score (nSPS) is 15.4. The molecule has 0 radical (unpaired) electrons. The Labute approximate surface area is 172 Å². The molecule has 2 nitrogen and oxygen atoms in total.